The lowest BCUT2D eigenvalue weighted by Crippen LogP contribution is -2.40. The quantitative estimate of drug-likeness (QED) is 0.849. The maximum absolute atomic E-state index is 12.2. The molecule has 1 aromatic rings. The van der Waals surface area contributed by atoms with Gasteiger partial charge in [0.2, 0.25) is 5.91 Å². The second-order valence-corrected chi connectivity index (χ2v) is 6.73. The molecule has 1 saturated heterocycles. The molecule has 7 heteroatoms. The molecule has 2 heterocycles. The zero-order valence-electron chi connectivity index (χ0n) is 11.7. The average molecular weight is 296 g/mol. The van der Waals surface area contributed by atoms with Crippen LogP contribution in [0.2, 0.25) is 0 Å². The Bertz CT molecular complexity index is 549. The molecule has 0 spiro atoms. The van der Waals surface area contributed by atoms with Crippen LogP contribution in [0.15, 0.2) is 9.95 Å². The number of carbonyl (C=O) groups is 1. The topological polar surface area (TPSA) is 71.0 Å². The fourth-order valence-corrected chi connectivity index (χ4v) is 3.60. The first-order chi connectivity index (χ1) is 9.65. The lowest BCUT2D eigenvalue weighted by Gasteiger charge is -2.30. The highest BCUT2D eigenvalue weighted by Crippen LogP contribution is 2.36. The van der Waals surface area contributed by atoms with Crippen molar-refractivity contribution in [3.63, 3.8) is 0 Å². The molecule has 1 atom stereocenters. The van der Waals surface area contributed by atoms with E-state index in [2.05, 4.69) is 17.1 Å². The van der Waals surface area contributed by atoms with Crippen LogP contribution < -0.4 is 5.69 Å². The molecule has 2 aliphatic rings. The fourth-order valence-electron chi connectivity index (χ4n) is 2.68. The van der Waals surface area contributed by atoms with Crippen molar-refractivity contribution in [1.29, 1.82) is 0 Å². The Hall–Kier alpha value is -1.24. The van der Waals surface area contributed by atoms with Crippen molar-refractivity contribution >= 4 is 17.7 Å². The van der Waals surface area contributed by atoms with Gasteiger partial charge in [-0.15, -0.1) is 5.10 Å². The number of H-pyrrole nitrogens is 1. The van der Waals surface area contributed by atoms with Crippen LogP contribution >= 0.6 is 11.8 Å². The highest BCUT2D eigenvalue weighted by molar-refractivity contribution is 7.99. The van der Waals surface area contributed by atoms with Gasteiger partial charge in [0.25, 0.3) is 0 Å². The third-order valence-corrected chi connectivity index (χ3v) is 4.86. The molecule has 1 N–H and O–H groups in total. The third-order valence-electron chi connectivity index (χ3n) is 3.92. The molecule has 2 fully saturated rings. The van der Waals surface area contributed by atoms with E-state index in [4.69, 9.17) is 0 Å². The van der Waals surface area contributed by atoms with Crippen molar-refractivity contribution in [2.75, 3.05) is 18.8 Å². The molecule has 110 valence electrons. The minimum atomic E-state index is -0.158. The Morgan fingerprint density at radius 3 is 2.95 bits per heavy atom. The lowest BCUT2D eigenvalue weighted by molar-refractivity contribution is -0.130. The van der Waals surface area contributed by atoms with E-state index in [0.717, 1.165) is 32.4 Å². The van der Waals surface area contributed by atoms with Crippen molar-refractivity contribution in [1.82, 2.24) is 19.7 Å². The number of amides is 1. The summed E-state index contributed by atoms with van der Waals surface area (Å²) in [5.74, 6) is 1.11. The number of nitrogens with zero attached hydrogens (tertiary/aromatic N) is 3. The molecule has 1 amide bonds. The summed E-state index contributed by atoms with van der Waals surface area (Å²) in [5.41, 5.74) is -0.158. The predicted octanol–water partition coefficient (Wildman–Crippen LogP) is 1.26. The number of thioether (sulfide) groups is 1. The number of nitrogens with one attached hydrogen (secondary N) is 1. The van der Waals surface area contributed by atoms with E-state index in [9.17, 15) is 9.59 Å². The minimum absolute atomic E-state index is 0.152. The van der Waals surface area contributed by atoms with Gasteiger partial charge in [-0.05, 0) is 31.6 Å². The summed E-state index contributed by atoms with van der Waals surface area (Å²) in [4.78, 5) is 25.8. The van der Waals surface area contributed by atoms with Gasteiger partial charge in [0.05, 0.1) is 5.75 Å². The molecule has 1 saturated carbocycles. The minimum Gasteiger partial charge on any atom is -0.342 e. The summed E-state index contributed by atoms with van der Waals surface area (Å²) in [6, 6.07) is 0.286. The SMILES string of the molecule is C[C@@H]1CCCN(C(=O)CSc2n[nH]c(=O)n2C2CC2)C1. The summed E-state index contributed by atoms with van der Waals surface area (Å²) in [6.07, 6.45) is 4.36. The van der Waals surface area contributed by atoms with Crippen molar-refractivity contribution in [2.45, 2.75) is 43.8 Å². The molecule has 3 rings (SSSR count). The maximum atomic E-state index is 12.2. The zero-order chi connectivity index (χ0) is 14.1. The number of hydrogen-bond donors (Lipinski definition) is 1. The van der Waals surface area contributed by atoms with Gasteiger partial charge in [-0.25, -0.2) is 9.89 Å². The van der Waals surface area contributed by atoms with Crippen LogP contribution in [0.5, 0.6) is 0 Å². The number of hydrogen-bond acceptors (Lipinski definition) is 4. The van der Waals surface area contributed by atoms with Gasteiger partial charge in [-0.3, -0.25) is 9.36 Å². The Labute approximate surface area is 121 Å². The second kappa shape index (κ2) is 5.63. The first-order valence-corrected chi connectivity index (χ1v) is 8.21. The Morgan fingerprint density at radius 2 is 2.25 bits per heavy atom. The highest BCUT2D eigenvalue weighted by atomic mass is 32.2. The van der Waals surface area contributed by atoms with E-state index in [0.29, 0.717) is 16.8 Å². The molecule has 20 heavy (non-hydrogen) atoms. The summed E-state index contributed by atoms with van der Waals surface area (Å²) in [5, 5.41) is 7.16. The monoisotopic (exact) mass is 296 g/mol. The van der Waals surface area contributed by atoms with Gasteiger partial charge in [-0.2, -0.15) is 0 Å². The van der Waals surface area contributed by atoms with Gasteiger partial charge in [0, 0.05) is 19.1 Å². The summed E-state index contributed by atoms with van der Waals surface area (Å²) in [6.45, 7) is 3.90. The average Bonchev–Trinajstić information content (AvgIpc) is 3.20. The fraction of sp³-hybridized carbons (Fsp3) is 0.769. The molecule has 0 radical (unpaired) electrons. The molecule has 1 aliphatic carbocycles. The van der Waals surface area contributed by atoms with Crippen molar-refractivity contribution < 1.29 is 4.79 Å². The van der Waals surface area contributed by atoms with Gasteiger partial charge in [-0.1, -0.05) is 18.7 Å². The smallest absolute Gasteiger partial charge is 0.342 e. The Morgan fingerprint density at radius 1 is 1.45 bits per heavy atom. The van der Waals surface area contributed by atoms with E-state index in [1.165, 1.54) is 18.2 Å². The summed E-state index contributed by atoms with van der Waals surface area (Å²) in [7, 11) is 0. The summed E-state index contributed by atoms with van der Waals surface area (Å²) >= 11 is 1.37. The summed E-state index contributed by atoms with van der Waals surface area (Å²) < 4.78 is 1.69. The van der Waals surface area contributed by atoms with Crippen molar-refractivity contribution in [2.24, 2.45) is 5.92 Å². The number of piperidine rings is 1. The molecular weight excluding hydrogens is 276 g/mol. The van der Waals surface area contributed by atoms with Crippen LogP contribution in [0.25, 0.3) is 0 Å². The Kier molecular flexibility index (Phi) is 3.87. The number of likely N-dealkylation sites (tertiary alicyclic amines) is 1. The third kappa shape index (κ3) is 2.92. The standard InChI is InChI=1S/C13H20N4O2S/c1-9-3-2-6-16(7-9)11(18)8-20-13-15-14-12(19)17(13)10-4-5-10/h9-10H,2-8H2,1H3,(H,14,19)/t9-/m1/s1. The first kappa shape index (κ1) is 13.7. The molecular formula is C13H20N4O2S. The molecule has 6 nitrogen and oxygen atoms in total. The number of carbonyl (C=O) groups excluding carboxylic acids is 1. The predicted molar refractivity (Wildman–Crippen MR) is 76.8 cm³/mol. The van der Waals surface area contributed by atoms with Gasteiger partial charge in [0.1, 0.15) is 0 Å². The largest absolute Gasteiger partial charge is 0.344 e. The van der Waals surface area contributed by atoms with E-state index < -0.39 is 0 Å². The van der Waals surface area contributed by atoms with E-state index in [1.54, 1.807) is 4.57 Å². The van der Waals surface area contributed by atoms with Crippen LogP contribution in [0.4, 0.5) is 0 Å². The second-order valence-electron chi connectivity index (χ2n) is 5.79. The van der Waals surface area contributed by atoms with E-state index in [1.807, 2.05) is 4.90 Å². The normalized spacial score (nSPS) is 23.1. The maximum Gasteiger partial charge on any atom is 0.344 e. The van der Waals surface area contributed by atoms with Crippen LogP contribution in [0.3, 0.4) is 0 Å². The molecule has 1 aliphatic heterocycles. The van der Waals surface area contributed by atoms with Crippen LogP contribution in [0.1, 0.15) is 38.6 Å². The van der Waals surface area contributed by atoms with Crippen molar-refractivity contribution in [3.05, 3.63) is 10.5 Å². The molecule has 1 aromatic heterocycles. The Balaban J connectivity index is 1.59. The van der Waals surface area contributed by atoms with Gasteiger partial charge < -0.3 is 4.90 Å². The lowest BCUT2D eigenvalue weighted by atomic mass is 10.0. The first-order valence-electron chi connectivity index (χ1n) is 7.22. The molecule has 0 bridgehead atoms. The van der Waals surface area contributed by atoms with Crippen molar-refractivity contribution in [3.8, 4) is 0 Å². The van der Waals surface area contributed by atoms with E-state index in [-0.39, 0.29) is 17.6 Å². The van der Waals surface area contributed by atoms with Crippen LogP contribution in [-0.4, -0.2) is 44.4 Å². The molecule has 0 aromatic carbocycles. The number of aromatic nitrogens is 3. The zero-order valence-corrected chi connectivity index (χ0v) is 12.5. The molecule has 0 unspecified atom stereocenters. The van der Waals surface area contributed by atoms with Gasteiger partial charge >= 0.3 is 5.69 Å². The highest BCUT2D eigenvalue weighted by Gasteiger charge is 2.29. The number of rotatable bonds is 4. The van der Waals surface area contributed by atoms with Gasteiger partial charge in [0.15, 0.2) is 5.16 Å². The number of aromatic amines is 1. The van der Waals surface area contributed by atoms with Crippen LogP contribution in [0, 0.1) is 5.92 Å². The van der Waals surface area contributed by atoms with Crippen LogP contribution in [-0.2, 0) is 4.79 Å². The van der Waals surface area contributed by atoms with E-state index >= 15 is 0 Å².